The van der Waals surface area contributed by atoms with Crippen molar-refractivity contribution in [1.29, 1.82) is 0 Å². The van der Waals surface area contributed by atoms with E-state index < -0.39 is 35.2 Å². The van der Waals surface area contributed by atoms with E-state index in [-0.39, 0.29) is 47.5 Å². The molecule has 3 N–H and O–H groups in total. The van der Waals surface area contributed by atoms with Gasteiger partial charge in [0.25, 0.3) is 11.5 Å². The number of carbonyl (C=O) groups excluding carboxylic acids is 2. The molecule has 0 saturated carbocycles. The number of hydrogen-bond acceptors (Lipinski definition) is 7. The SMILES string of the molecule is Cc1cc(-n2nc(C(=O)Nc3ccc(Oc4ccnc(NC(=O)N5CC(O)C5)c4)c(F)c3)c(C)cc2=O)ccc1F. The van der Waals surface area contributed by atoms with Gasteiger partial charge < -0.3 is 20.1 Å². The molecule has 1 fully saturated rings. The van der Waals surface area contributed by atoms with Crippen molar-refractivity contribution in [2.24, 2.45) is 0 Å². The number of benzene rings is 2. The maximum absolute atomic E-state index is 14.9. The highest BCUT2D eigenvalue weighted by molar-refractivity contribution is 6.03. The van der Waals surface area contributed by atoms with Crippen LogP contribution >= 0.6 is 0 Å². The lowest BCUT2D eigenvalue weighted by Crippen LogP contribution is -2.54. The van der Waals surface area contributed by atoms with Gasteiger partial charge in [0.1, 0.15) is 17.4 Å². The van der Waals surface area contributed by atoms with Crippen LogP contribution in [0.1, 0.15) is 21.6 Å². The number of ether oxygens (including phenoxy) is 1. The van der Waals surface area contributed by atoms with E-state index in [1.165, 1.54) is 59.6 Å². The van der Waals surface area contributed by atoms with Crippen molar-refractivity contribution in [1.82, 2.24) is 19.7 Å². The summed E-state index contributed by atoms with van der Waals surface area (Å²) in [6.07, 6.45) is 0.838. The van der Waals surface area contributed by atoms with Gasteiger partial charge in [0.2, 0.25) is 0 Å². The predicted octanol–water partition coefficient (Wildman–Crippen LogP) is 3.78. The summed E-state index contributed by atoms with van der Waals surface area (Å²) in [4.78, 5) is 43.1. The molecule has 210 valence electrons. The third kappa shape index (κ3) is 6.04. The zero-order valence-corrected chi connectivity index (χ0v) is 21.9. The zero-order valence-electron chi connectivity index (χ0n) is 21.9. The number of aliphatic hydroxyl groups is 1. The average Bonchev–Trinajstić information content (AvgIpc) is 2.90. The molecule has 0 radical (unpaired) electrons. The Bertz CT molecular complexity index is 1720. The summed E-state index contributed by atoms with van der Waals surface area (Å²) in [5, 5.41) is 18.6. The molecule has 0 unspecified atom stereocenters. The minimum absolute atomic E-state index is 0.0774. The van der Waals surface area contributed by atoms with E-state index in [0.29, 0.717) is 11.1 Å². The first-order valence-electron chi connectivity index (χ1n) is 12.4. The first-order valence-corrected chi connectivity index (χ1v) is 12.4. The van der Waals surface area contributed by atoms with Crippen LogP contribution in [-0.4, -0.2) is 55.9 Å². The number of aryl methyl sites for hydroxylation is 2. The van der Waals surface area contributed by atoms with E-state index in [2.05, 4.69) is 20.7 Å². The Morgan fingerprint density at radius 2 is 1.76 bits per heavy atom. The highest BCUT2D eigenvalue weighted by Crippen LogP contribution is 2.28. The monoisotopic (exact) mass is 562 g/mol. The predicted molar refractivity (Wildman–Crippen MR) is 145 cm³/mol. The van der Waals surface area contributed by atoms with Crippen molar-refractivity contribution >= 4 is 23.4 Å². The summed E-state index contributed by atoms with van der Waals surface area (Å²) in [5.41, 5.74) is 0.418. The minimum atomic E-state index is -0.781. The summed E-state index contributed by atoms with van der Waals surface area (Å²) in [6.45, 7) is 3.53. The largest absolute Gasteiger partial charge is 0.454 e. The average molecular weight is 563 g/mol. The minimum Gasteiger partial charge on any atom is -0.454 e. The second-order valence-electron chi connectivity index (χ2n) is 9.43. The second-order valence-corrected chi connectivity index (χ2v) is 9.43. The quantitative estimate of drug-likeness (QED) is 0.325. The maximum Gasteiger partial charge on any atom is 0.323 e. The molecule has 11 nitrogen and oxygen atoms in total. The number of β-amino-alcohol motifs (C(OH)–C–C–N with tert-alkyl or cyclic N) is 1. The van der Waals surface area contributed by atoms with E-state index in [0.717, 1.165) is 10.7 Å². The van der Waals surface area contributed by atoms with Crippen molar-refractivity contribution < 1.29 is 28.2 Å². The fourth-order valence-electron chi connectivity index (χ4n) is 4.04. The van der Waals surface area contributed by atoms with Gasteiger partial charge in [0.05, 0.1) is 24.9 Å². The second kappa shape index (κ2) is 11.1. The third-order valence-electron chi connectivity index (χ3n) is 6.26. The molecular formula is C28H24F2N6O5. The number of hydrogen-bond donors (Lipinski definition) is 3. The van der Waals surface area contributed by atoms with Crippen molar-refractivity contribution in [2.75, 3.05) is 23.7 Å². The zero-order chi connectivity index (χ0) is 29.3. The number of amides is 3. The number of aromatic nitrogens is 3. The number of pyridine rings is 1. The summed E-state index contributed by atoms with van der Waals surface area (Å²) in [7, 11) is 0. The first kappa shape index (κ1) is 27.4. The molecule has 3 heterocycles. The summed E-state index contributed by atoms with van der Waals surface area (Å²) < 4.78 is 35.2. The van der Waals surface area contributed by atoms with Crippen LogP contribution in [0.25, 0.3) is 5.69 Å². The molecule has 1 aliphatic heterocycles. The molecule has 4 aromatic rings. The number of nitrogens with zero attached hydrogens (tertiary/aromatic N) is 4. The van der Waals surface area contributed by atoms with Crippen LogP contribution in [0.2, 0.25) is 0 Å². The van der Waals surface area contributed by atoms with E-state index in [1.54, 1.807) is 13.8 Å². The molecule has 0 spiro atoms. The van der Waals surface area contributed by atoms with Gasteiger partial charge >= 0.3 is 6.03 Å². The molecule has 0 atom stereocenters. The van der Waals surface area contributed by atoms with Crippen LogP contribution in [0.4, 0.5) is 25.1 Å². The standard InChI is InChI=1S/C28H24F2N6O5/c1-15-9-18(4-5-21(15)29)36-25(38)10-16(2)26(34-36)27(39)32-17-3-6-23(22(30)11-17)41-20-7-8-31-24(12-20)33-28(40)35-13-19(37)14-35/h3-12,19,37H,13-14H2,1-2H3,(H,32,39)(H,31,33,40). The smallest absolute Gasteiger partial charge is 0.323 e. The fraction of sp³-hybridized carbons (Fsp3) is 0.179. The number of aliphatic hydroxyl groups excluding tert-OH is 1. The van der Waals surface area contributed by atoms with Crippen molar-refractivity contribution in [3.63, 3.8) is 0 Å². The van der Waals surface area contributed by atoms with Crippen LogP contribution in [0.3, 0.4) is 0 Å². The topological polar surface area (TPSA) is 139 Å². The lowest BCUT2D eigenvalue weighted by Gasteiger charge is -2.35. The van der Waals surface area contributed by atoms with E-state index in [4.69, 9.17) is 4.74 Å². The number of rotatable bonds is 6. The number of urea groups is 1. The maximum atomic E-state index is 14.9. The Balaban J connectivity index is 1.29. The molecule has 5 rings (SSSR count). The number of nitrogens with one attached hydrogen (secondary N) is 2. The Hall–Kier alpha value is -5.17. The molecule has 13 heteroatoms. The van der Waals surface area contributed by atoms with Gasteiger partial charge in [0, 0.05) is 30.1 Å². The molecule has 1 saturated heterocycles. The van der Waals surface area contributed by atoms with Gasteiger partial charge in [-0.25, -0.2) is 18.6 Å². The summed E-state index contributed by atoms with van der Waals surface area (Å²) >= 11 is 0. The van der Waals surface area contributed by atoms with Crippen molar-refractivity contribution in [3.05, 3.63) is 99.6 Å². The lowest BCUT2D eigenvalue weighted by atomic mass is 10.2. The van der Waals surface area contributed by atoms with Crippen molar-refractivity contribution in [3.8, 4) is 17.2 Å². The summed E-state index contributed by atoms with van der Waals surface area (Å²) in [5.74, 6) is -1.68. The van der Waals surface area contributed by atoms with Gasteiger partial charge in [-0.15, -0.1) is 0 Å². The number of anilines is 2. The van der Waals surface area contributed by atoms with Gasteiger partial charge in [-0.1, -0.05) is 0 Å². The first-order chi connectivity index (χ1) is 19.6. The molecule has 2 aromatic carbocycles. The van der Waals surface area contributed by atoms with E-state index >= 15 is 0 Å². The highest BCUT2D eigenvalue weighted by atomic mass is 19.1. The van der Waals surface area contributed by atoms with Gasteiger partial charge in [-0.05, 0) is 61.4 Å². The number of carbonyl (C=O) groups is 2. The highest BCUT2D eigenvalue weighted by Gasteiger charge is 2.29. The summed E-state index contributed by atoms with van der Waals surface area (Å²) in [6, 6.07) is 11.5. The van der Waals surface area contributed by atoms with Crippen LogP contribution < -0.4 is 20.9 Å². The molecule has 0 aliphatic carbocycles. The van der Waals surface area contributed by atoms with E-state index in [1.807, 2.05) is 0 Å². The van der Waals surface area contributed by atoms with Crippen molar-refractivity contribution in [2.45, 2.75) is 20.0 Å². The Morgan fingerprint density at radius 3 is 2.46 bits per heavy atom. The molecule has 41 heavy (non-hydrogen) atoms. The number of halogens is 2. The van der Waals surface area contributed by atoms with Gasteiger partial charge in [0.15, 0.2) is 17.3 Å². The van der Waals surface area contributed by atoms with Gasteiger partial charge in [-0.3, -0.25) is 14.9 Å². The Labute approximate surface area is 232 Å². The molecular weight excluding hydrogens is 538 g/mol. The Kier molecular flexibility index (Phi) is 7.44. The lowest BCUT2D eigenvalue weighted by molar-refractivity contribution is 0.0308. The van der Waals surface area contributed by atoms with Crippen LogP contribution in [-0.2, 0) is 0 Å². The Morgan fingerprint density at radius 1 is 0.976 bits per heavy atom. The molecule has 0 bridgehead atoms. The molecule has 1 aliphatic rings. The van der Waals surface area contributed by atoms with Crippen LogP contribution in [0.15, 0.2) is 65.6 Å². The molecule has 3 amide bonds. The van der Waals surface area contributed by atoms with Crippen LogP contribution in [0, 0.1) is 25.5 Å². The van der Waals surface area contributed by atoms with Gasteiger partial charge in [-0.2, -0.15) is 9.78 Å². The van der Waals surface area contributed by atoms with Crippen LogP contribution in [0.5, 0.6) is 11.5 Å². The third-order valence-corrected chi connectivity index (χ3v) is 6.26. The molecule has 2 aromatic heterocycles. The van der Waals surface area contributed by atoms with E-state index in [9.17, 15) is 28.3 Å². The fourth-order valence-corrected chi connectivity index (χ4v) is 4.04. The number of likely N-dealkylation sites (tertiary alicyclic amines) is 1. The normalized spacial score (nSPS) is 13.0.